The van der Waals surface area contributed by atoms with Crippen LogP contribution >= 0.6 is 11.3 Å². The van der Waals surface area contributed by atoms with Crippen molar-refractivity contribution in [1.82, 2.24) is 15.1 Å². The van der Waals surface area contributed by atoms with Gasteiger partial charge in [0.1, 0.15) is 10.6 Å². The zero-order valence-electron chi connectivity index (χ0n) is 15.2. The highest BCUT2D eigenvalue weighted by Crippen LogP contribution is 2.30. The van der Waals surface area contributed by atoms with Crippen LogP contribution in [0.3, 0.4) is 0 Å². The number of carboxylic acid groups (broad SMARTS) is 1. The lowest BCUT2D eigenvalue weighted by Gasteiger charge is -2.18. The van der Waals surface area contributed by atoms with E-state index in [0.29, 0.717) is 17.0 Å². The number of hydrogen-bond donors (Lipinski definition) is 2. The number of halogens is 1. The van der Waals surface area contributed by atoms with Gasteiger partial charge in [-0.3, -0.25) is 9.59 Å². The molecule has 0 aliphatic rings. The van der Waals surface area contributed by atoms with Crippen LogP contribution in [-0.4, -0.2) is 33.3 Å². The summed E-state index contributed by atoms with van der Waals surface area (Å²) in [5, 5.41) is 17.2. The second kappa shape index (κ2) is 7.11. The highest BCUT2D eigenvalue weighted by molar-refractivity contribution is 7.20. The van der Waals surface area contributed by atoms with Crippen LogP contribution in [0, 0.1) is 18.2 Å². The van der Waals surface area contributed by atoms with Crippen LogP contribution < -0.4 is 5.32 Å². The minimum atomic E-state index is -0.896. The monoisotopic (exact) mass is 389 g/mol. The van der Waals surface area contributed by atoms with Crippen molar-refractivity contribution in [3.05, 3.63) is 46.7 Å². The van der Waals surface area contributed by atoms with Gasteiger partial charge in [-0.25, -0.2) is 9.07 Å². The predicted molar refractivity (Wildman–Crippen MR) is 102 cm³/mol. The van der Waals surface area contributed by atoms with Gasteiger partial charge in [-0.05, 0) is 57.5 Å². The number of thiophene rings is 1. The van der Waals surface area contributed by atoms with Gasteiger partial charge in [0.05, 0.1) is 21.7 Å². The molecule has 0 atom stereocenters. The minimum absolute atomic E-state index is 0.248. The van der Waals surface area contributed by atoms with Gasteiger partial charge in [0, 0.05) is 11.9 Å². The summed E-state index contributed by atoms with van der Waals surface area (Å²) in [5.41, 5.74) is 0.593. The van der Waals surface area contributed by atoms with E-state index in [9.17, 15) is 14.0 Å². The minimum Gasteiger partial charge on any atom is -0.481 e. The molecule has 0 saturated carbocycles. The van der Waals surface area contributed by atoms with Crippen molar-refractivity contribution in [1.29, 1.82) is 0 Å². The van der Waals surface area contributed by atoms with E-state index in [4.69, 9.17) is 5.11 Å². The van der Waals surface area contributed by atoms with Crippen LogP contribution in [0.2, 0.25) is 0 Å². The smallest absolute Gasteiger partial charge is 0.309 e. The third-order valence-corrected chi connectivity index (χ3v) is 5.56. The molecule has 6 nitrogen and oxygen atoms in total. The SMILES string of the molecule is Cc1nn(-c2ccc(F)cc2)c2sc(C(=O)NCCC(C)(C)C(=O)O)cc12. The van der Waals surface area contributed by atoms with Gasteiger partial charge in [-0.2, -0.15) is 5.10 Å². The number of carbonyl (C=O) groups is 2. The van der Waals surface area contributed by atoms with Gasteiger partial charge in [-0.15, -0.1) is 11.3 Å². The number of benzene rings is 1. The summed E-state index contributed by atoms with van der Waals surface area (Å²) in [4.78, 5) is 24.9. The molecule has 142 valence electrons. The molecule has 2 aromatic heterocycles. The predicted octanol–water partition coefficient (Wildman–Crippen LogP) is 3.77. The molecule has 3 aromatic rings. The zero-order valence-corrected chi connectivity index (χ0v) is 16.1. The summed E-state index contributed by atoms with van der Waals surface area (Å²) in [5.74, 6) is -1.47. The van der Waals surface area contributed by atoms with Crippen LogP contribution in [0.1, 0.15) is 35.6 Å². The van der Waals surface area contributed by atoms with Gasteiger partial charge in [0.15, 0.2) is 0 Å². The molecule has 2 heterocycles. The summed E-state index contributed by atoms with van der Waals surface area (Å²) in [6.45, 7) is 5.38. The highest BCUT2D eigenvalue weighted by atomic mass is 32.1. The topological polar surface area (TPSA) is 84.2 Å². The van der Waals surface area contributed by atoms with Crippen molar-refractivity contribution < 1.29 is 19.1 Å². The zero-order chi connectivity index (χ0) is 19.8. The standard InChI is InChI=1S/C19H20FN3O3S/c1-11-14-10-15(16(24)21-9-8-19(2,3)18(25)26)27-17(14)23(22-11)13-6-4-12(20)5-7-13/h4-7,10H,8-9H2,1-3H3,(H,21,24)(H,25,26). The summed E-state index contributed by atoms with van der Waals surface area (Å²) < 4.78 is 14.9. The van der Waals surface area contributed by atoms with Crippen molar-refractivity contribution in [3.63, 3.8) is 0 Å². The van der Waals surface area contributed by atoms with Gasteiger partial charge in [-0.1, -0.05) is 0 Å². The summed E-state index contributed by atoms with van der Waals surface area (Å²) >= 11 is 1.29. The van der Waals surface area contributed by atoms with Gasteiger partial charge in [0.2, 0.25) is 0 Å². The number of carboxylic acids is 1. The van der Waals surface area contributed by atoms with Crippen molar-refractivity contribution in [2.75, 3.05) is 6.54 Å². The number of amides is 1. The Balaban J connectivity index is 1.80. The average Bonchev–Trinajstić information content (AvgIpc) is 3.16. The second-order valence-electron chi connectivity index (χ2n) is 7.00. The summed E-state index contributed by atoms with van der Waals surface area (Å²) in [6, 6.07) is 7.77. The first-order valence-corrected chi connectivity index (χ1v) is 9.27. The van der Waals surface area contributed by atoms with E-state index < -0.39 is 11.4 Å². The van der Waals surface area contributed by atoms with E-state index in [0.717, 1.165) is 15.9 Å². The number of carbonyl (C=O) groups excluding carboxylic acids is 1. The Labute approximate surface area is 159 Å². The van der Waals surface area contributed by atoms with Gasteiger partial charge >= 0.3 is 5.97 Å². The summed E-state index contributed by atoms with van der Waals surface area (Å²) in [6.07, 6.45) is 0.335. The lowest BCUT2D eigenvalue weighted by atomic mass is 9.90. The lowest BCUT2D eigenvalue weighted by molar-refractivity contribution is -0.147. The maximum Gasteiger partial charge on any atom is 0.309 e. The summed E-state index contributed by atoms with van der Waals surface area (Å²) in [7, 11) is 0. The first-order valence-electron chi connectivity index (χ1n) is 8.46. The average molecular weight is 389 g/mol. The van der Waals surface area contributed by atoms with Gasteiger partial charge < -0.3 is 10.4 Å². The largest absolute Gasteiger partial charge is 0.481 e. The maximum absolute atomic E-state index is 13.2. The third kappa shape index (κ3) is 3.85. The molecule has 0 spiro atoms. The number of nitrogens with zero attached hydrogens (tertiary/aromatic N) is 2. The first-order chi connectivity index (χ1) is 12.7. The van der Waals surface area contributed by atoms with E-state index in [-0.39, 0.29) is 18.3 Å². The van der Waals surface area contributed by atoms with Crippen LogP contribution in [0.4, 0.5) is 4.39 Å². The Hall–Kier alpha value is -2.74. The number of aromatic nitrogens is 2. The molecule has 2 N–H and O–H groups in total. The first kappa shape index (κ1) is 19.0. The molecule has 0 radical (unpaired) electrons. The van der Waals surface area contributed by atoms with Crippen molar-refractivity contribution in [3.8, 4) is 5.69 Å². The van der Waals surface area contributed by atoms with Crippen LogP contribution in [-0.2, 0) is 4.79 Å². The van der Waals surface area contributed by atoms with E-state index in [1.807, 2.05) is 6.92 Å². The normalized spacial score (nSPS) is 11.7. The number of aliphatic carboxylic acids is 1. The van der Waals surface area contributed by atoms with Crippen molar-refractivity contribution >= 4 is 33.4 Å². The van der Waals surface area contributed by atoms with Crippen molar-refractivity contribution in [2.45, 2.75) is 27.2 Å². The third-order valence-electron chi connectivity index (χ3n) is 4.45. The number of aryl methyl sites for hydroxylation is 1. The van der Waals surface area contributed by atoms with Gasteiger partial charge in [0.25, 0.3) is 5.91 Å². The number of fused-ring (bicyclic) bond motifs is 1. The molecule has 1 aromatic carbocycles. The number of nitrogens with one attached hydrogen (secondary N) is 1. The Kier molecular flexibility index (Phi) is 5.01. The number of rotatable bonds is 6. The van der Waals surface area contributed by atoms with Crippen LogP contribution in [0.25, 0.3) is 15.9 Å². The molecule has 0 aliphatic heterocycles. The molecule has 1 amide bonds. The van der Waals surface area contributed by atoms with E-state index in [1.165, 1.54) is 23.5 Å². The molecule has 27 heavy (non-hydrogen) atoms. The molecule has 0 aliphatic carbocycles. The number of hydrogen-bond acceptors (Lipinski definition) is 4. The molecule has 0 fully saturated rings. The highest BCUT2D eigenvalue weighted by Gasteiger charge is 2.27. The Bertz CT molecular complexity index is 1010. The van der Waals surface area contributed by atoms with E-state index in [1.54, 1.807) is 36.7 Å². The van der Waals surface area contributed by atoms with Crippen LogP contribution in [0.5, 0.6) is 0 Å². The molecule has 0 saturated heterocycles. The molecule has 0 bridgehead atoms. The molecule has 0 unspecified atom stereocenters. The molecule has 8 heteroatoms. The van der Waals surface area contributed by atoms with E-state index >= 15 is 0 Å². The maximum atomic E-state index is 13.2. The molecular weight excluding hydrogens is 369 g/mol. The van der Waals surface area contributed by atoms with E-state index in [2.05, 4.69) is 10.4 Å². The Morgan fingerprint density at radius 1 is 1.30 bits per heavy atom. The fourth-order valence-corrected chi connectivity index (χ4v) is 3.70. The molecular formula is C19H20FN3O3S. The van der Waals surface area contributed by atoms with Crippen molar-refractivity contribution in [2.24, 2.45) is 5.41 Å². The quantitative estimate of drug-likeness (QED) is 0.672. The second-order valence-corrected chi connectivity index (χ2v) is 8.03. The lowest BCUT2D eigenvalue weighted by Crippen LogP contribution is -2.31. The Morgan fingerprint density at radius 2 is 1.96 bits per heavy atom. The fraction of sp³-hybridized carbons (Fsp3) is 0.316. The molecule has 3 rings (SSSR count). The Morgan fingerprint density at radius 3 is 2.59 bits per heavy atom. The van der Waals surface area contributed by atoms with Crippen LogP contribution in [0.15, 0.2) is 30.3 Å². The fourth-order valence-electron chi connectivity index (χ4n) is 2.60.